The van der Waals surface area contributed by atoms with Crippen molar-refractivity contribution in [2.45, 2.75) is 25.4 Å². The lowest BCUT2D eigenvalue weighted by atomic mass is 10.2. The van der Waals surface area contributed by atoms with Gasteiger partial charge in [0.25, 0.3) is 5.69 Å². The largest absolute Gasteiger partial charge is 0.377 e. The van der Waals surface area contributed by atoms with E-state index in [0.717, 1.165) is 30.7 Å². The predicted molar refractivity (Wildman–Crippen MR) is 70.9 cm³/mol. The Kier molecular flexibility index (Phi) is 3.09. The summed E-state index contributed by atoms with van der Waals surface area (Å²) in [6, 6.07) is 3.94. The van der Waals surface area contributed by atoms with Crippen molar-refractivity contribution < 1.29 is 9.31 Å². The Balaban J connectivity index is 1.75. The third kappa shape index (κ3) is 2.47. The highest BCUT2D eigenvalue weighted by atomic mass is 19.1. The Bertz CT molecular complexity index is 652. The van der Waals surface area contributed by atoms with E-state index in [1.807, 2.05) is 0 Å². The number of hydrogen-bond acceptors (Lipinski definition) is 4. The van der Waals surface area contributed by atoms with Crippen LogP contribution in [0.25, 0.3) is 0 Å². The number of aromatic nitrogens is 2. The molecule has 104 valence electrons. The van der Waals surface area contributed by atoms with E-state index in [4.69, 9.17) is 0 Å². The van der Waals surface area contributed by atoms with Crippen molar-refractivity contribution >= 4 is 11.4 Å². The third-order valence-corrected chi connectivity index (χ3v) is 3.31. The van der Waals surface area contributed by atoms with Crippen LogP contribution in [0.4, 0.5) is 15.8 Å². The molecule has 1 aliphatic carbocycles. The van der Waals surface area contributed by atoms with Gasteiger partial charge in [-0.05, 0) is 18.9 Å². The molecule has 1 heterocycles. The number of rotatable bonds is 5. The van der Waals surface area contributed by atoms with Crippen molar-refractivity contribution in [3.05, 3.63) is 52.3 Å². The molecule has 0 bridgehead atoms. The van der Waals surface area contributed by atoms with E-state index in [2.05, 4.69) is 14.9 Å². The number of benzene rings is 1. The summed E-state index contributed by atoms with van der Waals surface area (Å²) in [6.07, 6.45) is 5.75. The maximum atomic E-state index is 13.6. The Morgan fingerprint density at radius 1 is 1.50 bits per heavy atom. The van der Waals surface area contributed by atoms with Crippen LogP contribution in [0.1, 0.15) is 24.6 Å². The molecular formula is C13H13FN4O2. The van der Waals surface area contributed by atoms with E-state index < -0.39 is 10.7 Å². The molecule has 1 saturated carbocycles. The van der Waals surface area contributed by atoms with Gasteiger partial charge in [0.1, 0.15) is 5.82 Å². The lowest BCUT2D eigenvalue weighted by Crippen LogP contribution is -2.07. The van der Waals surface area contributed by atoms with E-state index in [1.165, 1.54) is 6.07 Å². The van der Waals surface area contributed by atoms with Gasteiger partial charge < -0.3 is 9.88 Å². The molecule has 0 unspecified atom stereocenters. The van der Waals surface area contributed by atoms with Crippen LogP contribution in [0.3, 0.4) is 0 Å². The summed E-state index contributed by atoms with van der Waals surface area (Å²) in [5.41, 5.74) is 0.936. The monoisotopic (exact) mass is 276 g/mol. The van der Waals surface area contributed by atoms with Crippen molar-refractivity contribution in [3.63, 3.8) is 0 Å². The molecule has 2 aromatic rings. The number of non-ortho nitro benzene ring substituents is 1. The van der Waals surface area contributed by atoms with Gasteiger partial charge in [-0.2, -0.15) is 0 Å². The second-order valence-corrected chi connectivity index (χ2v) is 4.80. The zero-order chi connectivity index (χ0) is 14.1. The molecule has 1 aliphatic rings. The van der Waals surface area contributed by atoms with E-state index in [9.17, 15) is 14.5 Å². The molecule has 1 fully saturated rings. The number of nitrogens with one attached hydrogen (secondary N) is 1. The van der Waals surface area contributed by atoms with Crippen molar-refractivity contribution in [1.29, 1.82) is 0 Å². The van der Waals surface area contributed by atoms with Crippen molar-refractivity contribution in [3.8, 4) is 0 Å². The fourth-order valence-electron chi connectivity index (χ4n) is 2.10. The molecule has 20 heavy (non-hydrogen) atoms. The van der Waals surface area contributed by atoms with E-state index in [-0.39, 0.29) is 11.4 Å². The molecule has 0 atom stereocenters. The van der Waals surface area contributed by atoms with E-state index in [0.29, 0.717) is 12.6 Å². The number of hydrogen-bond donors (Lipinski definition) is 1. The number of nitrogens with zero attached hydrogens (tertiary/aromatic N) is 3. The normalized spacial score (nSPS) is 14.2. The molecule has 0 aliphatic heterocycles. The van der Waals surface area contributed by atoms with Gasteiger partial charge in [0.15, 0.2) is 0 Å². The minimum Gasteiger partial charge on any atom is -0.377 e. The van der Waals surface area contributed by atoms with Gasteiger partial charge in [-0.3, -0.25) is 10.1 Å². The van der Waals surface area contributed by atoms with Gasteiger partial charge in [0.2, 0.25) is 0 Å². The first-order chi connectivity index (χ1) is 9.65. The Labute approximate surface area is 114 Å². The van der Waals surface area contributed by atoms with Crippen molar-refractivity contribution in [2.24, 2.45) is 0 Å². The lowest BCUT2D eigenvalue weighted by molar-refractivity contribution is -0.384. The second kappa shape index (κ2) is 4.92. The van der Waals surface area contributed by atoms with E-state index >= 15 is 0 Å². The minimum absolute atomic E-state index is 0.128. The molecule has 0 amide bonds. The highest BCUT2D eigenvalue weighted by molar-refractivity contribution is 5.52. The lowest BCUT2D eigenvalue weighted by Gasteiger charge is -2.09. The summed E-state index contributed by atoms with van der Waals surface area (Å²) in [6.45, 7) is 0.384. The Hall–Kier alpha value is -2.44. The molecule has 7 heteroatoms. The van der Waals surface area contributed by atoms with Gasteiger partial charge in [-0.1, -0.05) is 0 Å². The van der Waals surface area contributed by atoms with Crippen molar-refractivity contribution in [2.75, 3.05) is 5.32 Å². The van der Waals surface area contributed by atoms with E-state index in [1.54, 1.807) is 12.5 Å². The average Bonchev–Trinajstić information content (AvgIpc) is 3.17. The van der Waals surface area contributed by atoms with Gasteiger partial charge >= 0.3 is 0 Å². The molecule has 0 radical (unpaired) electrons. The molecule has 0 saturated heterocycles. The summed E-state index contributed by atoms with van der Waals surface area (Å²) in [5.74, 6) is -0.506. The highest BCUT2D eigenvalue weighted by Gasteiger charge is 2.25. The fraction of sp³-hybridized carbons (Fsp3) is 0.308. The zero-order valence-electron chi connectivity index (χ0n) is 10.6. The number of imidazole rings is 1. The van der Waals surface area contributed by atoms with Crippen LogP contribution in [-0.2, 0) is 6.54 Å². The summed E-state index contributed by atoms with van der Waals surface area (Å²) in [4.78, 5) is 14.2. The zero-order valence-corrected chi connectivity index (χ0v) is 10.6. The molecule has 1 aromatic heterocycles. The number of nitro groups is 1. The van der Waals surface area contributed by atoms with Gasteiger partial charge in [-0.25, -0.2) is 9.37 Å². The first kappa shape index (κ1) is 12.6. The van der Waals surface area contributed by atoms with Crippen LogP contribution >= 0.6 is 0 Å². The topological polar surface area (TPSA) is 73.0 Å². The number of nitro benzene ring substituents is 1. The quantitative estimate of drug-likeness (QED) is 0.673. The van der Waals surface area contributed by atoms with Crippen LogP contribution in [0.15, 0.2) is 30.7 Å². The number of anilines is 1. The van der Waals surface area contributed by atoms with Crippen LogP contribution < -0.4 is 5.32 Å². The van der Waals surface area contributed by atoms with Crippen molar-refractivity contribution in [1.82, 2.24) is 9.55 Å². The first-order valence-corrected chi connectivity index (χ1v) is 6.33. The molecule has 0 spiro atoms. The van der Waals surface area contributed by atoms with Crippen LogP contribution in [0, 0.1) is 15.9 Å². The second-order valence-electron chi connectivity index (χ2n) is 4.80. The average molecular weight is 276 g/mol. The maximum absolute atomic E-state index is 13.6. The molecule has 6 nitrogen and oxygen atoms in total. The van der Waals surface area contributed by atoms with Gasteiger partial charge in [0, 0.05) is 24.4 Å². The molecular weight excluding hydrogens is 263 g/mol. The van der Waals surface area contributed by atoms with Crippen LogP contribution in [-0.4, -0.2) is 14.5 Å². The summed E-state index contributed by atoms with van der Waals surface area (Å²) in [7, 11) is 0. The highest BCUT2D eigenvalue weighted by Crippen LogP contribution is 2.35. The number of halogens is 1. The molecule has 1 N–H and O–H groups in total. The smallest absolute Gasteiger partial charge is 0.271 e. The fourth-order valence-corrected chi connectivity index (χ4v) is 2.10. The van der Waals surface area contributed by atoms with Gasteiger partial charge in [-0.15, -0.1) is 0 Å². The standard InChI is InChI=1S/C13H13FN4O2/c14-12-4-3-10(18(19)20)5-13(12)16-7-11-6-15-8-17(11)9-1-2-9/h3-6,8-9,16H,1-2,7H2. The third-order valence-electron chi connectivity index (χ3n) is 3.31. The van der Waals surface area contributed by atoms with Crippen LogP contribution in [0.5, 0.6) is 0 Å². The molecule has 1 aromatic carbocycles. The van der Waals surface area contributed by atoms with Gasteiger partial charge in [0.05, 0.1) is 29.2 Å². The minimum atomic E-state index is -0.543. The maximum Gasteiger partial charge on any atom is 0.271 e. The predicted octanol–water partition coefficient (Wildman–Crippen LogP) is 2.88. The SMILES string of the molecule is O=[N+]([O-])c1ccc(F)c(NCc2cncn2C2CC2)c1. The summed E-state index contributed by atoms with van der Waals surface area (Å²) in [5, 5.41) is 13.6. The molecule has 3 rings (SSSR count). The first-order valence-electron chi connectivity index (χ1n) is 6.33. The Morgan fingerprint density at radius 2 is 2.30 bits per heavy atom. The Morgan fingerprint density at radius 3 is 3.00 bits per heavy atom. The summed E-state index contributed by atoms with van der Waals surface area (Å²) >= 11 is 0. The summed E-state index contributed by atoms with van der Waals surface area (Å²) < 4.78 is 15.7. The van der Waals surface area contributed by atoms with Crippen LogP contribution in [0.2, 0.25) is 0 Å².